The fraction of sp³-hybridized carbons (Fsp3) is 0.458. The van der Waals surface area contributed by atoms with Crippen molar-refractivity contribution in [2.45, 2.75) is 44.7 Å². The average molecular weight is 516 g/mol. The Hall–Kier alpha value is -4.00. The Labute approximate surface area is 212 Å². The van der Waals surface area contributed by atoms with Gasteiger partial charge >= 0.3 is 6.09 Å². The number of primary amides is 1. The Morgan fingerprint density at radius 2 is 1.81 bits per heavy atom. The van der Waals surface area contributed by atoms with Crippen molar-refractivity contribution in [3.63, 3.8) is 0 Å². The number of carbonyl (C=O) groups is 3. The van der Waals surface area contributed by atoms with Gasteiger partial charge in [-0.1, -0.05) is 12.8 Å². The van der Waals surface area contributed by atoms with Gasteiger partial charge < -0.3 is 36.4 Å². The number of morpholine rings is 1. The molecule has 1 aliphatic carbocycles. The SMILES string of the molecule is CC(=O)c1cc(Nc2nc(N[C@@H]3CCCC[C@@H]3NC(=O)O)c(F)cc2C(N)=O)cnc1N1CCOCC1. The van der Waals surface area contributed by atoms with Crippen LogP contribution in [0.25, 0.3) is 0 Å². The molecule has 37 heavy (non-hydrogen) atoms. The van der Waals surface area contributed by atoms with Crippen molar-refractivity contribution in [3.8, 4) is 0 Å². The molecular formula is C24H30FN7O5. The van der Waals surface area contributed by atoms with Gasteiger partial charge in [0.1, 0.15) is 11.6 Å². The molecule has 2 aromatic heterocycles. The summed E-state index contributed by atoms with van der Waals surface area (Å²) >= 11 is 0. The molecule has 13 heteroatoms. The third-order valence-electron chi connectivity index (χ3n) is 6.46. The van der Waals surface area contributed by atoms with Gasteiger partial charge in [0.2, 0.25) is 0 Å². The number of Topliss-reactive ketones (excluding diaryl/α,β-unsaturated/α-hetero) is 1. The predicted octanol–water partition coefficient (Wildman–Crippen LogP) is 2.49. The number of amides is 2. The number of ketones is 1. The summed E-state index contributed by atoms with van der Waals surface area (Å²) < 4.78 is 20.3. The highest BCUT2D eigenvalue weighted by Crippen LogP contribution is 2.29. The van der Waals surface area contributed by atoms with Gasteiger partial charge in [-0.2, -0.15) is 0 Å². The van der Waals surface area contributed by atoms with E-state index in [1.54, 1.807) is 6.07 Å². The van der Waals surface area contributed by atoms with Gasteiger partial charge in [-0.25, -0.2) is 19.2 Å². The molecule has 2 amide bonds. The fourth-order valence-corrected chi connectivity index (χ4v) is 4.63. The second-order valence-electron chi connectivity index (χ2n) is 9.05. The molecule has 3 heterocycles. The van der Waals surface area contributed by atoms with Gasteiger partial charge in [0, 0.05) is 19.1 Å². The lowest BCUT2D eigenvalue weighted by Crippen LogP contribution is -2.48. The van der Waals surface area contributed by atoms with E-state index in [0.717, 1.165) is 18.9 Å². The normalized spacial score (nSPS) is 19.7. The zero-order valence-electron chi connectivity index (χ0n) is 20.4. The Balaban J connectivity index is 1.63. The molecule has 4 rings (SSSR count). The van der Waals surface area contributed by atoms with Crippen molar-refractivity contribution in [2.75, 3.05) is 41.8 Å². The first-order valence-corrected chi connectivity index (χ1v) is 12.1. The highest BCUT2D eigenvalue weighted by molar-refractivity contribution is 6.01. The molecule has 1 saturated carbocycles. The minimum absolute atomic E-state index is 0.0228. The van der Waals surface area contributed by atoms with E-state index in [4.69, 9.17) is 15.6 Å². The minimum atomic E-state index is -1.16. The number of halogens is 1. The number of nitrogens with zero attached hydrogens (tertiary/aromatic N) is 3. The number of hydrogen-bond donors (Lipinski definition) is 5. The van der Waals surface area contributed by atoms with Crippen LogP contribution in [0.4, 0.5) is 32.3 Å². The van der Waals surface area contributed by atoms with Crippen molar-refractivity contribution in [1.29, 1.82) is 0 Å². The number of nitrogens with one attached hydrogen (secondary N) is 3. The van der Waals surface area contributed by atoms with Gasteiger partial charge in [0.05, 0.1) is 42.3 Å². The molecule has 0 spiro atoms. The summed E-state index contributed by atoms with van der Waals surface area (Å²) in [6.07, 6.45) is 3.24. The van der Waals surface area contributed by atoms with E-state index < -0.39 is 29.9 Å². The smallest absolute Gasteiger partial charge is 0.404 e. The zero-order chi connectivity index (χ0) is 26.5. The summed E-state index contributed by atoms with van der Waals surface area (Å²) in [7, 11) is 0. The van der Waals surface area contributed by atoms with E-state index in [2.05, 4.69) is 25.9 Å². The number of aromatic nitrogens is 2. The quantitative estimate of drug-likeness (QED) is 0.329. The van der Waals surface area contributed by atoms with Crippen LogP contribution in [-0.4, -0.2) is 71.2 Å². The summed E-state index contributed by atoms with van der Waals surface area (Å²) in [5.41, 5.74) is 6.02. The second-order valence-corrected chi connectivity index (χ2v) is 9.05. The first-order chi connectivity index (χ1) is 17.7. The zero-order valence-corrected chi connectivity index (χ0v) is 20.4. The lowest BCUT2D eigenvalue weighted by atomic mass is 9.90. The van der Waals surface area contributed by atoms with Crippen molar-refractivity contribution in [1.82, 2.24) is 15.3 Å². The molecule has 2 aromatic rings. The molecule has 1 aliphatic heterocycles. The van der Waals surface area contributed by atoms with Crippen LogP contribution in [0.2, 0.25) is 0 Å². The first kappa shape index (κ1) is 26.1. The van der Waals surface area contributed by atoms with Crippen molar-refractivity contribution >= 4 is 40.9 Å². The summed E-state index contributed by atoms with van der Waals surface area (Å²) in [6.45, 7) is 3.68. The van der Waals surface area contributed by atoms with E-state index in [1.807, 2.05) is 4.90 Å². The lowest BCUT2D eigenvalue weighted by molar-refractivity contribution is 0.0995. The number of rotatable bonds is 8. The van der Waals surface area contributed by atoms with Crippen LogP contribution in [0.3, 0.4) is 0 Å². The lowest BCUT2D eigenvalue weighted by Gasteiger charge is -2.32. The van der Waals surface area contributed by atoms with Crippen LogP contribution < -0.4 is 26.6 Å². The van der Waals surface area contributed by atoms with Crippen molar-refractivity contribution in [2.24, 2.45) is 5.73 Å². The molecule has 198 valence electrons. The van der Waals surface area contributed by atoms with Gasteiger partial charge in [0.25, 0.3) is 5.91 Å². The summed E-state index contributed by atoms with van der Waals surface area (Å²) in [5, 5.41) is 17.5. The maximum Gasteiger partial charge on any atom is 0.404 e. The molecule has 2 fully saturated rings. The van der Waals surface area contributed by atoms with Crippen LogP contribution in [-0.2, 0) is 4.74 Å². The van der Waals surface area contributed by atoms with E-state index in [0.29, 0.717) is 56.2 Å². The Kier molecular flexibility index (Phi) is 8.01. The molecule has 2 aliphatic rings. The van der Waals surface area contributed by atoms with Crippen LogP contribution >= 0.6 is 0 Å². The van der Waals surface area contributed by atoms with Crippen molar-refractivity contribution < 1.29 is 28.6 Å². The van der Waals surface area contributed by atoms with E-state index in [9.17, 15) is 18.8 Å². The molecule has 2 atom stereocenters. The molecule has 0 aromatic carbocycles. The van der Waals surface area contributed by atoms with Crippen LogP contribution in [0.5, 0.6) is 0 Å². The summed E-state index contributed by atoms with van der Waals surface area (Å²) in [5.74, 6) is -1.54. The van der Waals surface area contributed by atoms with Gasteiger partial charge in [-0.15, -0.1) is 0 Å². The Morgan fingerprint density at radius 1 is 1.11 bits per heavy atom. The molecule has 0 unspecified atom stereocenters. The van der Waals surface area contributed by atoms with Crippen molar-refractivity contribution in [3.05, 3.63) is 35.3 Å². The number of ether oxygens (including phenoxy) is 1. The second kappa shape index (κ2) is 11.4. The Morgan fingerprint density at radius 3 is 2.46 bits per heavy atom. The molecule has 0 radical (unpaired) electrons. The number of hydrogen-bond acceptors (Lipinski definition) is 9. The van der Waals surface area contributed by atoms with E-state index >= 15 is 0 Å². The number of pyridine rings is 2. The fourth-order valence-electron chi connectivity index (χ4n) is 4.63. The van der Waals surface area contributed by atoms with Gasteiger partial charge in [-0.05, 0) is 31.9 Å². The highest BCUT2D eigenvalue weighted by atomic mass is 19.1. The molecule has 12 nitrogen and oxygen atoms in total. The third kappa shape index (κ3) is 6.23. The third-order valence-corrected chi connectivity index (χ3v) is 6.46. The largest absolute Gasteiger partial charge is 0.465 e. The van der Waals surface area contributed by atoms with E-state index in [-0.39, 0.29) is 23.0 Å². The monoisotopic (exact) mass is 515 g/mol. The maximum atomic E-state index is 14.9. The van der Waals surface area contributed by atoms with Gasteiger partial charge in [-0.3, -0.25) is 9.59 Å². The highest BCUT2D eigenvalue weighted by Gasteiger charge is 2.28. The average Bonchev–Trinajstić information content (AvgIpc) is 2.87. The number of carbonyl (C=O) groups excluding carboxylic acids is 2. The Bertz CT molecular complexity index is 1190. The molecule has 1 saturated heterocycles. The topological polar surface area (TPSA) is 172 Å². The van der Waals surface area contributed by atoms with Crippen LogP contribution in [0.1, 0.15) is 53.3 Å². The summed E-state index contributed by atoms with van der Waals surface area (Å²) in [4.78, 5) is 46.3. The van der Waals surface area contributed by atoms with Gasteiger partial charge in [0.15, 0.2) is 17.4 Å². The predicted molar refractivity (Wildman–Crippen MR) is 134 cm³/mol. The standard InChI is InChI=1S/C24H30FN7O5/c1-13(33)15-10-14(12-27-23(15)32-6-8-37-9-7-32)28-21-16(20(26)34)11-17(25)22(31-21)29-18-4-2-3-5-19(18)30-24(35)36/h10-12,18-19,30H,2-9H2,1H3,(H2,26,34)(H,35,36)(H2,28,29,31)/t18-,19+/m1/s1. The maximum absolute atomic E-state index is 14.9. The number of carboxylic acid groups (broad SMARTS) is 1. The molecule has 0 bridgehead atoms. The first-order valence-electron chi connectivity index (χ1n) is 12.1. The summed E-state index contributed by atoms with van der Waals surface area (Å²) in [6, 6.07) is 1.76. The van der Waals surface area contributed by atoms with E-state index in [1.165, 1.54) is 13.1 Å². The molecular weight excluding hydrogens is 485 g/mol. The van der Waals surface area contributed by atoms with Crippen LogP contribution in [0, 0.1) is 5.82 Å². The van der Waals surface area contributed by atoms with Crippen LogP contribution in [0.15, 0.2) is 18.3 Å². The number of anilines is 4. The minimum Gasteiger partial charge on any atom is -0.465 e. The number of nitrogens with two attached hydrogens (primary N) is 1. The molecule has 6 N–H and O–H groups in total.